The molecule has 1 aliphatic heterocycles. The highest BCUT2D eigenvalue weighted by Crippen LogP contribution is 2.24. The lowest BCUT2D eigenvalue weighted by molar-refractivity contribution is -0.116. The first kappa shape index (κ1) is 15.7. The lowest BCUT2D eigenvalue weighted by Gasteiger charge is -2.16. The molecule has 0 radical (unpaired) electrons. The van der Waals surface area contributed by atoms with Crippen LogP contribution >= 0.6 is 15.9 Å². The van der Waals surface area contributed by atoms with Gasteiger partial charge in [-0.05, 0) is 60.4 Å². The Hall–Kier alpha value is -2.20. The van der Waals surface area contributed by atoms with Crippen LogP contribution in [0.25, 0.3) is 6.08 Å². The largest absolute Gasteiger partial charge is 0.326 e. The maximum atomic E-state index is 12.3. The smallest absolute Gasteiger partial charge is 0.224 e. The summed E-state index contributed by atoms with van der Waals surface area (Å²) in [5, 5.41) is 2.82. The van der Waals surface area contributed by atoms with E-state index < -0.39 is 0 Å². The summed E-state index contributed by atoms with van der Waals surface area (Å²) in [6.45, 7) is 2.01. The minimum Gasteiger partial charge on any atom is -0.326 e. The van der Waals surface area contributed by atoms with Crippen molar-refractivity contribution in [3.8, 4) is 0 Å². The van der Waals surface area contributed by atoms with Gasteiger partial charge in [-0.3, -0.25) is 9.59 Å². The lowest BCUT2D eigenvalue weighted by atomic mass is 9.98. The highest BCUT2D eigenvalue weighted by Gasteiger charge is 2.15. The number of allylic oxidation sites excluding steroid dienone is 1. The minimum absolute atomic E-state index is 0.0297. The number of benzene rings is 2. The fourth-order valence-electron chi connectivity index (χ4n) is 2.58. The molecule has 0 atom stereocenters. The minimum atomic E-state index is -0.0368. The molecule has 1 N–H and O–H groups in total. The monoisotopic (exact) mass is 369 g/mol. The number of aryl methyl sites for hydroxylation is 2. The number of carbonyl (C=O) groups is 2. The average molecular weight is 370 g/mol. The van der Waals surface area contributed by atoms with Crippen LogP contribution in [0.2, 0.25) is 0 Å². The van der Waals surface area contributed by atoms with Crippen LogP contribution in [0.1, 0.15) is 33.5 Å². The van der Waals surface area contributed by atoms with E-state index in [4.69, 9.17) is 0 Å². The van der Waals surface area contributed by atoms with Crippen molar-refractivity contribution in [2.24, 2.45) is 0 Å². The number of hydrogen-bond acceptors (Lipinski definition) is 2. The second-order valence-corrected chi connectivity index (χ2v) is 6.48. The molecule has 0 saturated heterocycles. The topological polar surface area (TPSA) is 46.2 Å². The highest BCUT2D eigenvalue weighted by atomic mass is 79.9. The normalized spacial score (nSPS) is 13.7. The first-order valence-corrected chi connectivity index (χ1v) is 8.23. The van der Waals surface area contributed by atoms with E-state index in [0.29, 0.717) is 18.4 Å². The summed E-state index contributed by atoms with van der Waals surface area (Å²) < 4.78 is 1.05. The predicted octanol–water partition coefficient (Wildman–Crippen LogP) is 4.54. The number of nitrogens with one attached hydrogen (secondary N) is 1. The van der Waals surface area contributed by atoms with Crippen LogP contribution in [0.3, 0.4) is 0 Å². The van der Waals surface area contributed by atoms with Crippen molar-refractivity contribution in [2.75, 3.05) is 5.32 Å². The lowest BCUT2D eigenvalue weighted by Crippen LogP contribution is -2.19. The SMILES string of the molecule is Cc1cc(/C=C/C(=O)c2ccc3c(c2)CCC(=O)N3)ccc1Br. The molecule has 3 rings (SSSR count). The first-order chi connectivity index (χ1) is 11.0. The molecule has 2 aromatic rings. The van der Waals surface area contributed by atoms with Gasteiger partial charge in [0, 0.05) is 22.1 Å². The van der Waals surface area contributed by atoms with Crippen molar-refractivity contribution in [1.29, 1.82) is 0 Å². The Kier molecular flexibility index (Phi) is 4.44. The Labute approximate surface area is 143 Å². The van der Waals surface area contributed by atoms with Crippen molar-refractivity contribution in [2.45, 2.75) is 19.8 Å². The Morgan fingerprint density at radius 2 is 2.00 bits per heavy atom. The Morgan fingerprint density at radius 1 is 1.17 bits per heavy atom. The van der Waals surface area contributed by atoms with Crippen LogP contribution in [-0.2, 0) is 11.2 Å². The fourth-order valence-corrected chi connectivity index (χ4v) is 2.82. The summed E-state index contributed by atoms with van der Waals surface area (Å²) in [6, 6.07) is 11.4. The summed E-state index contributed by atoms with van der Waals surface area (Å²) in [7, 11) is 0. The molecule has 116 valence electrons. The van der Waals surface area contributed by atoms with Gasteiger partial charge < -0.3 is 5.32 Å². The van der Waals surface area contributed by atoms with Gasteiger partial charge in [-0.2, -0.15) is 0 Å². The molecule has 0 unspecified atom stereocenters. The molecule has 0 bridgehead atoms. The quantitative estimate of drug-likeness (QED) is 0.637. The zero-order chi connectivity index (χ0) is 16.4. The van der Waals surface area contributed by atoms with E-state index in [1.54, 1.807) is 18.2 Å². The number of rotatable bonds is 3. The summed E-state index contributed by atoms with van der Waals surface area (Å²) in [4.78, 5) is 23.7. The van der Waals surface area contributed by atoms with E-state index in [9.17, 15) is 9.59 Å². The number of carbonyl (C=O) groups excluding carboxylic acids is 2. The molecule has 0 aromatic heterocycles. The number of fused-ring (bicyclic) bond motifs is 1. The first-order valence-electron chi connectivity index (χ1n) is 7.44. The number of amides is 1. The van der Waals surface area contributed by atoms with E-state index >= 15 is 0 Å². The molecule has 2 aromatic carbocycles. The molecule has 0 fully saturated rings. The third-order valence-corrected chi connectivity index (χ3v) is 4.78. The molecular weight excluding hydrogens is 354 g/mol. The van der Waals surface area contributed by atoms with Crippen LogP contribution in [0.5, 0.6) is 0 Å². The van der Waals surface area contributed by atoms with E-state index in [1.807, 2.05) is 37.3 Å². The van der Waals surface area contributed by atoms with E-state index in [1.165, 1.54) is 0 Å². The summed E-state index contributed by atoms with van der Waals surface area (Å²) in [6.07, 6.45) is 4.56. The summed E-state index contributed by atoms with van der Waals surface area (Å²) in [5.74, 6) is -0.00708. The summed E-state index contributed by atoms with van der Waals surface area (Å²) >= 11 is 3.46. The molecule has 0 spiro atoms. The van der Waals surface area contributed by atoms with Gasteiger partial charge in [0.1, 0.15) is 0 Å². The van der Waals surface area contributed by atoms with Crippen molar-refractivity contribution in [3.63, 3.8) is 0 Å². The standard InChI is InChI=1S/C19H16BrNO2/c1-12-10-13(2-6-16(12)20)3-8-18(22)15-4-7-17-14(11-15)5-9-19(23)21-17/h2-4,6-8,10-11H,5,9H2,1H3,(H,21,23)/b8-3+. The second kappa shape index (κ2) is 6.50. The fraction of sp³-hybridized carbons (Fsp3) is 0.158. The molecule has 3 nitrogen and oxygen atoms in total. The third-order valence-electron chi connectivity index (χ3n) is 3.89. The van der Waals surface area contributed by atoms with Gasteiger partial charge in [-0.25, -0.2) is 0 Å². The Balaban J connectivity index is 1.79. The Morgan fingerprint density at radius 3 is 2.78 bits per heavy atom. The van der Waals surface area contributed by atoms with E-state index in [-0.39, 0.29) is 11.7 Å². The predicted molar refractivity (Wildman–Crippen MR) is 95.6 cm³/mol. The average Bonchev–Trinajstić information content (AvgIpc) is 2.55. The molecule has 1 heterocycles. The summed E-state index contributed by atoms with van der Waals surface area (Å²) in [5.41, 5.74) is 4.59. The van der Waals surface area contributed by atoms with Gasteiger partial charge in [-0.15, -0.1) is 0 Å². The maximum Gasteiger partial charge on any atom is 0.224 e. The van der Waals surface area contributed by atoms with Gasteiger partial charge in [0.2, 0.25) is 5.91 Å². The highest BCUT2D eigenvalue weighted by molar-refractivity contribution is 9.10. The molecule has 0 aliphatic carbocycles. The molecule has 23 heavy (non-hydrogen) atoms. The van der Waals surface area contributed by atoms with Crippen molar-refractivity contribution in [1.82, 2.24) is 0 Å². The van der Waals surface area contributed by atoms with Crippen LogP contribution in [0.15, 0.2) is 46.9 Å². The van der Waals surface area contributed by atoms with Gasteiger partial charge in [0.15, 0.2) is 5.78 Å². The number of halogens is 1. The van der Waals surface area contributed by atoms with Gasteiger partial charge in [0.25, 0.3) is 0 Å². The van der Waals surface area contributed by atoms with Crippen LogP contribution < -0.4 is 5.32 Å². The number of hydrogen-bond donors (Lipinski definition) is 1. The third kappa shape index (κ3) is 3.59. The van der Waals surface area contributed by atoms with Gasteiger partial charge in [0.05, 0.1) is 0 Å². The van der Waals surface area contributed by atoms with Crippen LogP contribution in [0, 0.1) is 6.92 Å². The van der Waals surface area contributed by atoms with Gasteiger partial charge >= 0.3 is 0 Å². The maximum absolute atomic E-state index is 12.3. The van der Waals surface area contributed by atoms with Crippen molar-refractivity contribution in [3.05, 3.63) is 69.2 Å². The second-order valence-electron chi connectivity index (χ2n) is 5.63. The molecule has 4 heteroatoms. The zero-order valence-electron chi connectivity index (χ0n) is 12.7. The van der Waals surface area contributed by atoms with Crippen molar-refractivity contribution >= 4 is 39.4 Å². The van der Waals surface area contributed by atoms with Crippen LogP contribution in [-0.4, -0.2) is 11.7 Å². The molecule has 1 aliphatic rings. The van der Waals surface area contributed by atoms with Crippen molar-refractivity contribution < 1.29 is 9.59 Å². The molecule has 0 saturated carbocycles. The van der Waals surface area contributed by atoms with Gasteiger partial charge in [-0.1, -0.05) is 34.1 Å². The number of anilines is 1. The zero-order valence-corrected chi connectivity index (χ0v) is 14.3. The molecule has 1 amide bonds. The Bertz CT molecular complexity index is 824. The van der Waals surface area contributed by atoms with E-state index in [2.05, 4.69) is 21.2 Å². The number of ketones is 1. The van der Waals surface area contributed by atoms with Crippen LogP contribution in [0.4, 0.5) is 5.69 Å². The molecular formula is C19H16BrNO2. The van der Waals surface area contributed by atoms with E-state index in [0.717, 1.165) is 26.9 Å².